The summed E-state index contributed by atoms with van der Waals surface area (Å²) in [5.74, 6) is 0.677. The molecule has 15 heavy (non-hydrogen) atoms. The standard InChI is InChI=1S/C13H24O2/c1-10(2)6-5-7-11(3)8-13-14-9-12(4)15-13/h6,11-13H,5,7-9H2,1-4H3/t11-,12+,13+/m0/s1. The van der Waals surface area contributed by atoms with Gasteiger partial charge < -0.3 is 9.47 Å². The summed E-state index contributed by atoms with van der Waals surface area (Å²) in [6.45, 7) is 9.39. The Labute approximate surface area is 93.7 Å². The largest absolute Gasteiger partial charge is 0.350 e. The van der Waals surface area contributed by atoms with E-state index in [4.69, 9.17) is 9.47 Å². The average molecular weight is 212 g/mol. The van der Waals surface area contributed by atoms with Crippen LogP contribution in [0, 0.1) is 5.92 Å². The Morgan fingerprint density at radius 3 is 2.73 bits per heavy atom. The fourth-order valence-corrected chi connectivity index (χ4v) is 1.81. The lowest BCUT2D eigenvalue weighted by atomic mass is 10.0. The molecule has 1 fully saturated rings. The molecule has 2 heteroatoms. The SMILES string of the molecule is CC(C)=CCC[C@H](C)C[C@@H]1OC[C@@H](C)O1. The van der Waals surface area contributed by atoms with Gasteiger partial charge in [-0.3, -0.25) is 0 Å². The lowest BCUT2D eigenvalue weighted by Crippen LogP contribution is -2.13. The van der Waals surface area contributed by atoms with Gasteiger partial charge in [0.15, 0.2) is 6.29 Å². The van der Waals surface area contributed by atoms with Gasteiger partial charge >= 0.3 is 0 Å². The highest BCUT2D eigenvalue weighted by molar-refractivity contribution is 4.92. The van der Waals surface area contributed by atoms with Gasteiger partial charge in [0.1, 0.15) is 0 Å². The number of ether oxygens (including phenoxy) is 2. The fraction of sp³-hybridized carbons (Fsp3) is 0.846. The van der Waals surface area contributed by atoms with Gasteiger partial charge in [-0.2, -0.15) is 0 Å². The Balaban J connectivity index is 2.13. The summed E-state index contributed by atoms with van der Waals surface area (Å²) < 4.78 is 11.1. The molecule has 0 aromatic rings. The second-order valence-corrected chi connectivity index (χ2v) is 4.91. The minimum absolute atomic E-state index is 0.0432. The number of hydrogen-bond acceptors (Lipinski definition) is 2. The molecule has 0 N–H and O–H groups in total. The van der Waals surface area contributed by atoms with E-state index < -0.39 is 0 Å². The first-order valence-electron chi connectivity index (χ1n) is 5.98. The van der Waals surface area contributed by atoms with Crippen molar-refractivity contribution in [2.75, 3.05) is 6.61 Å². The zero-order valence-corrected chi connectivity index (χ0v) is 10.5. The predicted molar refractivity (Wildman–Crippen MR) is 62.7 cm³/mol. The Morgan fingerprint density at radius 1 is 1.47 bits per heavy atom. The van der Waals surface area contributed by atoms with E-state index in [2.05, 4.69) is 33.8 Å². The molecule has 3 atom stereocenters. The van der Waals surface area contributed by atoms with Gasteiger partial charge in [0, 0.05) is 6.42 Å². The van der Waals surface area contributed by atoms with E-state index in [1.807, 2.05) is 0 Å². The van der Waals surface area contributed by atoms with Crippen molar-refractivity contribution < 1.29 is 9.47 Å². The Hall–Kier alpha value is -0.340. The molecule has 0 aromatic heterocycles. The van der Waals surface area contributed by atoms with Crippen LogP contribution in [0.4, 0.5) is 0 Å². The van der Waals surface area contributed by atoms with Crippen molar-refractivity contribution in [2.24, 2.45) is 5.92 Å². The van der Waals surface area contributed by atoms with Gasteiger partial charge in [-0.15, -0.1) is 0 Å². The zero-order valence-electron chi connectivity index (χ0n) is 10.5. The first kappa shape index (κ1) is 12.7. The van der Waals surface area contributed by atoms with E-state index in [9.17, 15) is 0 Å². The number of allylic oxidation sites excluding steroid dienone is 2. The summed E-state index contributed by atoms with van der Waals surface area (Å²) >= 11 is 0. The maximum absolute atomic E-state index is 5.62. The Morgan fingerprint density at radius 2 is 2.20 bits per heavy atom. The van der Waals surface area contributed by atoms with Crippen LogP contribution in [0.5, 0.6) is 0 Å². The molecule has 0 spiro atoms. The minimum atomic E-state index is 0.0432. The second-order valence-electron chi connectivity index (χ2n) is 4.91. The molecule has 1 aliphatic rings. The molecule has 0 aliphatic carbocycles. The van der Waals surface area contributed by atoms with Crippen LogP contribution in [0.1, 0.15) is 47.0 Å². The normalized spacial score (nSPS) is 27.7. The zero-order chi connectivity index (χ0) is 11.3. The van der Waals surface area contributed by atoms with Crippen molar-refractivity contribution in [3.05, 3.63) is 11.6 Å². The van der Waals surface area contributed by atoms with Crippen molar-refractivity contribution in [2.45, 2.75) is 59.4 Å². The summed E-state index contributed by atoms with van der Waals surface area (Å²) in [6.07, 6.45) is 6.05. The highest BCUT2D eigenvalue weighted by atomic mass is 16.7. The van der Waals surface area contributed by atoms with Crippen molar-refractivity contribution in [3.8, 4) is 0 Å². The van der Waals surface area contributed by atoms with Crippen molar-refractivity contribution >= 4 is 0 Å². The predicted octanol–water partition coefficient (Wildman–Crippen LogP) is 3.52. The minimum Gasteiger partial charge on any atom is -0.350 e. The molecule has 1 saturated heterocycles. The van der Waals surface area contributed by atoms with E-state index in [1.54, 1.807) is 0 Å². The fourth-order valence-electron chi connectivity index (χ4n) is 1.81. The van der Waals surface area contributed by atoms with Crippen LogP contribution in [-0.2, 0) is 9.47 Å². The highest BCUT2D eigenvalue weighted by Crippen LogP contribution is 2.21. The molecule has 1 rings (SSSR count). The molecular weight excluding hydrogens is 188 g/mol. The summed E-state index contributed by atoms with van der Waals surface area (Å²) in [4.78, 5) is 0. The molecule has 0 unspecified atom stereocenters. The van der Waals surface area contributed by atoms with E-state index in [0.29, 0.717) is 5.92 Å². The van der Waals surface area contributed by atoms with Crippen LogP contribution in [0.25, 0.3) is 0 Å². The molecule has 0 bridgehead atoms. The third-order valence-corrected chi connectivity index (χ3v) is 2.71. The summed E-state index contributed by atoms with van der Waals surface area (Å²) in [5.41, 5.74) is 1.41. The molecule has 88 valence electrons. The van der Waals surface area contributed by atoms with Crippen LogP contribution in [0.3, 0.4) is 0 Å². The third kappa shape index (κ3) is 5.33. The maximum atomic E-state index is 5.62. The van der Waals surface area contributed by atoms with E-state index in [1.165, 1.54) is 18.4 Å². The average Bonchev–Trinajstić information content (AvgIpc) is 2.50. The highest BCUT2D eigenvalue weighted by Gasteiger charge is 2.23. The topological polar surface area (TPSA) is 18.5 Å². The number of rotatable bonds is 5. The Bertz CT molecular complexity index is 207. The van der Waals surface area contributed by atoms with Gasteiger partial charge in [-0.25, -0.2) is 0 Å². The van der Waals surface area contributed by atoms with Gasteiger partial charge in [0.25, 0.3) is 0 Å². The summed E-state index contributed by atoms with van der Waals surface area (Å²) in [5, 5.41) is 0. The molecule has 1 aliphatic heterocycles. The molecule has 1 heterocycles. The Kier molecular flexibility index (Phi) is 5.34. The lowest BCUT2D eigenvalue weighted by molar-refractivity contribution is -0.0678. The summed E-state index contributed by atoms with van der Waals surface area (Å²) in [7, 11) is 0. The van der Waals surface area contributed by atoms with E-state index in [-0.39, 0.29) is 12.4 Å². The van der Waals surface area contributed by atoms with Crippen molar-refractivity contribution in [1.29, 1.82) is 0 Å². The molecule has 0 amide bonds. The van der Waals surface area contributed by atoms with Gasteiger partial charge in [0.05, 0.1) is 12.7 Å². The van der Waals surface area contributed by atoms with Crippen LogP contribution in [0.2, 0.25) is 0 Å². The van der Waals surface area contributed by atoms with E-state index in [0.717, 1.165) is 13.0 Å². The van der Waals surface area contributed by atoms with Gasteiger partial charge in [-0.05, 0) is 39.5 Å². The van der Waals surface area contributed by atoms with Crippen LogP contribution in [-0.4, -0.2) is 19.0 Å². The van der Waals surface area contributed by atoms with Crippen molar-refractivity contribution in [1.82, 2.24) is 0 Å². The quantitative estimate of drug-likeness (QED) is 0.649. The monoisotopic (exact) mass is 212 g/mol. The molecule has 2 nitrogen and oxygen atoms in total. The maximum Gasteiger partial charge on any atom is 0.158 e. The number of hydrogen-bond donors (Lipinski definition) is 0. The van der Waals surface area contributed by atoms with E-state index >= 15 is 0 Å². The third-order valence-electron chi connectivity index (χ3n) is 2.71. The summed E-state index contributed by atoms with van der Waals surface area (Å²) in [6, 6.07) is 0. The van der Waals surface area contributed by atoms with Gasteiger partial charge in [0.2, 0.25) is 0 Å². The molecule has 0 radical (unpaired) electrons. The van der Waals surface area contributed by atoms with Crippen LogP contribution >= 0.6 is 0 Å². The van der Waals surface area contributed by atoms with Gasteiger partial charge in [-0.1, -0.05) is 18.6 Å². The first-order valence-corrected chi connectivity index (χ1v) is 5.98. The van der Waals surface area contributed by atoms with Crippen molar-refractivity contribution in [3.63, 3.8) is 0 Å². The lowest BCUT2D eigenvalue weighted by Gasteiger charge is -2.15. The van der Waals surface area contributed by atoms with Crippen LogP contribution < -0.4 is 0 Å². The first-order chi connectivity index (χ1) is 7.08. The smallest absolute Gasteiger partial charge is 0.158 e. The molecule has 0 aromatic carbocycles. The second kappa shape index (κ2) is 6.29. The molecular formula is C13H24O2. The van der Waals surface area contributed by atoms with Crippen LogP contribution in [0.15, 0.2) is 11.6 Å². The molecule has 0 saturated carbocycles.